The molecule has 6 rings (SSSR count). The summed E-state index contributed by atoms with van der Waals surface area (Å²) in [4.78, 5) is 6.86. The Morgan fingerprint density at radius 1 is 0.975 bits per heavy atom. The van der Waals surface area contributed by atoms with Gasteiger partial charge in [-0.05, 0) is 74.7 Å². The Hall–Kier alpha value is -3.90. The van der Waals surface area contributed by atoms with E-state index in [1.165, 1.54) is 5.69 Å². The van der Waals surface area contributed by atoms with Gasteiger partial charge >= 0.3 is 0 Å². The molecule has 0 saturated carbocycles. The number of imidazole rings is 1. The van der Waals surface area contributed by atoms with E-state index in [9.17, 15) is 0 Å². The van der Waals surface area contributed by atoms with Gasteiger partial charge in [0.1, 0.15) is 17.6 Å². The average molecular weight is 539 g/mol. The van der Waals surface area contributed by atoms with Gasteiger partial charge in [0.2, 0.25) is 0 Å². The third kappa shape index (κ3) is 6.45. The third-order valence-corrected chi connectivity index (χ3v) is 7.26. The highest BCUT2D eigenvalue weighted by Crippen LogP contribution is 2.25. The summed E-state index contributed by atoms with van der Waals surface area (Å²) in [6.07, 6.45) is 6.53. The van der Waals surface area contributed by atoms with E-state index in [2.05, 4.69) is 51.1 Å². The van der Waals surface area contributed by atoms with Gasteiger partial charge in [-0.25, -0.2) is 4.98 Å². The maximum atomic E-state index is 6.11. The predicted molar refractivity (Wildman–Crippen MR) is 152 cm³/mol. The molecule has 8 heteroatoms. The monoisotopic (exact) mass is 538 g/mol. The molecule has 0 N–H and O–H groups in total. The molecule has 2 aliphatic rings. The zero-order chi connectivity index (χ0) is 27.1. The predicted octanol–water partition coefficient (Wildman–Crippen LogP) is 5.43. The van der Waals surface area contributed by atoms with Gasteiger partial charge in [0, 0.05) is 60.5 Å². The quantitative estimate of drug-likeness (QED) is 0.291. The molecule has 0 bridgehead atoms. The molecule has 0 aliphatic carbocycles. The summed E-state index contributed by atoms with van der Waals surface area (Å²) in [5.41, 5.74) is 4.92. The first kappa shape index (κ1) is 26.3. The molecule has 2 saturated heterocycles. The number of aromatic nitrogens is 3. The van der Waals surface area contributed by atoms with E-state index in [1.807, 2.05) is 48.0 Å². The number of rotatable bonds is 7. The van der Waals surface area contributed by atoms with Crippen LogP contribution in [0.5, 0.6) is 0 Å². The van der Waals surface area contributed by atoms with Gasteiger partial charge in [0.05, 0.1) is 19.8 Å². The van der Waals surface area contributed by atoms with Gasteiger partial charge in [0.25, 0.3) is 0 Å². The lowest BCUT2D eigenvalue weighted by atomic mass is 10.1. The fourth-order valence-electron chi connectivity index (χ4n) is 5.06. The second-order valence-electron chi connectivity index (χ2n) is 10.1. The van der Waals surface area contributed by atoms with Crippen molar-refractivity contribution in [3.8, 4) is 23.2 Å². The van der Waals surface area contributed by atoms with Crippen molar-refractivity contribution in [3.05, 3.63) is 89.6 Å². The van der Waals surface area contributed by atoms with Gasteiger partial charge < -0.3 is 28.2 Å². The maximum absolute atomic E-state index is 6.11. The zero-order valence-electron chi connectivity index (χ0n) is 22.8. The van der Waals surface area contributed by atoms with Gasteiger partial charge in [-0.15, -0.1) is 0 Å². The minimum atomic E-state index is -0.180. The van der Waals surface area contributed by atoms with Crippen molar-refractivity contribution in [2.24, 2.45) is 0 Å². The molecule has 4 heterocycles. The van der Waals surface area contributed by atoms with Crippen molar-refractivity contribution in [1.82, 2.24) is 14.7 Å². The van der Waals surface area contributed by atoms with Crippen LogP contribution in [0.25, 0.3) is 11.3 Å². The van der Waals surface area contributed by atoms with Crippen LogP contribution in [0.2, 0.25) is 0 Å². The van der Waals surface area contributed by atoms with E-state index in [4.69, 9.17) is 18.7 Å². The Morgan fingerprint density at radius 2 is 1.73 bits per heavy atom. The SMILES string of the molecule is C[C@H](OC1CCCCO1)c1nccn1Cc1cc(-c2ccc(C#Cc3ccc(N4CCOCC4)cc3)cc2)on1. The molecule has 2 atom stereocenters. The van der Waals surface area contributed by atoms with Gasteiger partial charge in [0.15, 0.2) is 12.1 Å². The Morgan fingerprint density at radius 3 is 2.45 bits per heavy atom. The van der Waals surface area contributed by atoms with Crippen molar-refractivity contribution in [3.63, 3.8) is 0 Å². The number of benzene rings is 2. The molecule has 0 radical (unpaired) electrons. The summed E-state index contributed by atoms with van der Waals surface area (Å²) in [6, 6.07) is 18.4. The van der Waals surface area contributed by atoms with E-state index < -0.39 is 0 Å². The fourth-order valence-corrected chi connectivity index (χ4v) is 5.06. The molecule has 2 fully saturated rings. The summed E-state index contributed by atoms with van der Waals surface area (Å²) >= 11 is 0. The Labute approximate surface area is 234 Å². The first-order chi connectivity index (χ1) is 19.7. The van der Waals surface area contributed by atoms with Crippen molar-refractivity contribution >= 4 is 5.69 Å². The number of hydrogen-bond donors (Lipinski definition) is 0. The smallest absolute Gasteiger partial charge is 0.167 e. The van der Waals surface area contributed by atoms with E-state index >= 15 is 0 Å². The molecule has 0 amide bonds. The van der Waals surface area contributed by atoms with Gasteiger partial charge in [-0.2, -0.15) is 0 Å². The minimum absolute atomic E-state index is 0.166. The molecule has 2 aromatic carbocycles. The fraction of sp³-hybridized carbons (Fsp3) is 0.375. The first-order valence-electron chi connectivity index (χ1n) is 14.0. The Bertz CT molecular complexity index is 1440. The van der Waals surface area contributed by atoms with E-state index in [-0.39, 0.29) is 12.4 Å². The number of hydrogen-bond acceptors (Lipinski definition) is 7. The Balaban J connectivity index is 1.06. The summed E-state index contributed by atoms with van der Waals surface area (Å²) in [6.45, 7) is 6.73. The van der Waals surface area contributed by atoms with Crippen molar-refractivity contribution in [1.29, 1.82) is 0 Å². The maximum Gasteiger partial charge on any atom is 0.167 e. The molecular weight excluding hydrogens is 504 g/mol. The molecule has 206 valence electrons. The molecule has 40 heavy (non-hydrogen) atoms. The molecular formula is C32H34N4O4. The van der Waals surface area contributed by atoms with Crippen LogP contribution in [0, 0.1) is 11.8 Å². The number of ether oxygens (including phenoxy) is 3. The summed E-state index contributed by atoms with van der Waals surface area (Å²) in [7, 11) is 0. The first-order valence-corrected chi connectivity index (χ1v) is 14.0. The molecule has 2 aliphatic heterocycles. The van der Waals surface area contributed by atoms with E-state index in [1.54, 1.807) is 6.20 Å². The van der Waals surface area contributed by atoms with Crippen molar-refractivity contribution in [2.45, 2.75) is 45.1 Å². The number of nitrogens with zero attached hydrogens (tertiary/aromatic N) is 4. The number of anilines is 1. The van der Waals surface area contributed by atoms with E-state index in [0.29, 0.717) is 6.54 Å². The summed E-state index contributed by atoms with van der Waals surface area (Å²) in [5.74, 6) is 8.08. The van der Waals surface area contributed by atoms with E-state index in [0.717, 1.165) is 86.1 Å². The number of morpholine rings is 1. The van der Waals surface area contributed by atoms with Crippen LogP contribution in [-0.4, -0.2) is 53.9 Å². The van der Waals surface area contributed by atoms with Crippen molar-refractivity contribution < 1.29 is 18.7 Å². The van der Waals surface area contributed by atoms with Gasteiger partial charge in [-0.3, -0.25) is 0 Å². The summed E-state index contributed by atoms with van der Waals surface area (Å²) in [5, 5.41) is 4.30. The zero-order valence-corrected chi connectivity index (χ0v) is 22.8. The molecule has 1 unspecified atom stereocenters. The molecule has 8 nitrogen and oxygen atoms in total. The normalized spacial score (nSPS) is 18.2. The van der Waals surface area contributed by atoms with Gasteiger partial charge in [-0.1, -0.05) is 17.0 Å². The largest absolute Gasteiger partial charge is 0.378 e. The summed E-state index contributed by atoms with van der Waals surface area (Å²) < 4.78 is 25.0. The van der Waals surface area contributed by atoms with Crippen LogP contribution in [0.3, 0.4) is 0 Å². The molecule has 0 spiro atoms. The third-order valence-electron chi connectivity index (χ3n) is 7.26. The van der Waals surface area contributed by atoms with Crippen LogP contribution >= 0.6 is 0 Å². The molecule has 4 aromatic rings. The topological polar surface area (TPSA) is 74.8 Å². The Kier molecular flexibility index (Phi) is 8.24. The standard InChI is InChI=1S/C32H34N4O4/c1-24(39-31-4-2-3-19-38-31)32-33-15-16-36(32)23-28-22-30(40-34-28)27-11-7-25(8-12-27)5-6-26-9-13-29(14-10-26)35-17-20-37-21-18-35/h7-16,22,24,31H,2-4,17-21,23H2,1H3/t24-,31?/m0/s1. The van der Waals surface area contributed by atoms with Crippen LogP contribution < -0.4 is 4.90 Å². The highest BCUT2D eigenvalue weighted by Gasteiger charge is 2.21. The lowest BCUT2D eigenvalue weighted by molar-refractivity contribution is -0.188. The average Bonchev–Trinajstić information content (AvgIpc) is 3.68. The highest BCUT2D eigenvalue weighted by molar-refractivity contribution is 5.59. The minimum Gasteiger partial charge on any atom is -0.378 e. The van der Waals surface area contributed by atoms with Crippen LogP contribution in [0.4, 0.5) is 5.69 Å². The molecule has 2 aromatic heterocycles. The van der Waals surface area contributed by atoms with Crippen LogP contribution in [-0.2, 0) is 20.8 Å². The highest BCUT2D eigenvalue weighted by atomic mass is 16.7. The second kappa shape index (κ2) is 12.5. The lowest BCUT2D eigenvalue weighted by Crippen LogP contribution is -2.36. The van der Waals surface area contributed by atoms with Crippen molar-refractivity contribution in [2.75, 3.05) is 37.8 Å². The second-order valence-corrected chi connectivity index (χ2v) is 10.1. The van der Waals surface area contributed by atoms with Crippen LogP contribution in [0.1, 0.15) is 54.9 Å². The lowest BCUT2D eigenvalue weighted by Gasteiger charge is -2.28. The van der Waals surface area contributed by atoms with Crippen LogP contribution in [0.15, 0.2) is 71.5 Å².